The molecule has 2 N–H and O–H groups in total. The van der Waals surface area contributed by atoms with E-state index in [0.29, 0.717) is 11.6 Å². The quantitative estimate of drug-likeness (QED) is 0.323. The first-order valence-electron chi connectivity index (χ1n) is 9.51. The molecule has 0 radical (unpaired) electrons. The highest BCUT2D eigenvalue weighted by molar-refractivity contribution is 8.00. The Hall–Kier alpha value is -2.94. The van der Waals surface area contributed by atoms with Crippen molar-refractivity contribution < 1.29 is 9.59 Å². The highest BCUT2D eigenvalue weighted by atomic mass is 32.2. The van der Waals surface area contributed by atoms with Crippen molar-refractivity contribution in [3.05, 3.63) is 83.1 Å². The summed E-state index contributed by atoms with van der Waals surface area (Å²) in [6.07, 6.45) is 0.336. The fraction of sp³-hybridized carbons (Fsp3) is 0.0870. The van der Waals surface area contributed by atoms with Gasteiger partial charge in [-0.2, -0.15) is 0 Å². The van der Waals surface area contributed by atoms with Crippen molar-refractivity contribution in [3.8, 4) is 10.6 Å². The number of amides is 2. The number of aromatic nitrogens is 1. The molecule has 0 bridgehead atoms. The molecule has 2 aromatic heterocycles. The van der Waals surface area contributed by atoms with E-state index in [4.69, 9.17) is 0 Å². The predicted octanol–water partition coefficient (Wildman–Crippen LogP) is 5.78. The topological polar surface area (TPSA) is 71.1 Å². The maximum atomic E-state index is 12.2. The standard InChI is InChI=1S/C23H19N3O2S3/c27-21(13-16-5-2-1-3-6-16)24-17-8-10-18(11-9-17)30-15-22(28)26-23-25-19(14-31-23)20-7-4-12-29-20/h1-12,14H,13,15H2,(H,24,27)(H,25,26,28). The lowest BCUT2D eigenvalue weighted by molar-refractivity contribution is -0.115. The lowest BCUT2D eigenvalue weighted by Gasteiger charge is -2.07. The zero-order valence-corrected chi connectivity index (χ0v) is 18.9. The molecule has 0 aliphatic rings. The molecule has 0 fully saturated rings. The molecule has 2 amide bonds. The Balaban J connectivity index is 1.23. The number of thiazole rings is 1. The molecule has 4 aromatic rings. The number of anilines is 2. The van der Waals surface area contributed by atoms with Crippen LogP contribution in [0.1, 0.15) is 5.56 Å². The molecule has 0 aliphatic heterocycles. The fourth-order valence-corrected chi connectivity index (χ4v) is 4.98. The van der Waals surface area contributed by atoms with Crippen LogP contribution in [-0.2, 0) is 16.0 Å². The second-order valence-corrected chi connectivity index (χ2v) is 9.44. The van der Waals surface area contributed by atoms with Gasteiger partial charge in [-0.3, -0.25) is 9.59 Å². The average Bonchev–Trinajstić information content (AvgIpc) is 3.46. The molecule has 156 valence electrons. The Kier molecular flexibility index (Phi) is 7.14. The largest absolute Gasteiger partial charge is 0.326 e. The van der Waals surface area contributed by atoms with Crippen LogP contribution in [-0.4, -0.2) is 22.6 Å². The number of hydrogen-bond donors (Lipinski definition) is 2. The third kappa shape index (κ3) is 6.27. The summed E-state index contributed by atoms with van der Waals surface area (Å²) in [4.78, 5) is 30.9. The van der Waals surface area contributed by atoms with E-state index in [0.717, 1.165) is 26.7 Å². The van der Waals surface area contributed by atoms with Crippen molar-refractivity contribution in [2.45, 2.75) is 11.3 Å². The molecule has 0 atom stereocenters. The summed E-state index contributed by atoms with van der Waals surface area (Å²) in [5, 5.41) is 10.3. The van der Waals surface area contributed by atoms with Crippen molar-refractivity contribution in [2.75, 3.05) is 16.4 Å². The molecular formula is C23H19N3O2S3. The van der Waals surface area contributed by atoms with Crippen LogP contribution in [0.15, 0.2) is 82.4 Å². The normalized spacial score (nSPS) is 10.6. The zero-order valence-electron chi connectivity index (χ0n) is 16.4. The van der Waals surface area contributed by atoms with Crippen LogP contribution in [0.4, 0.5) is 10.8 Å². The summed E-state index contributed by atoms with van der Waals surface area (Å²) >= 11 is 4.48. The van der Waals surface area contributed by atoms with Gasteiger partial charge in [-0.25, -0.2) is 4.98 Å². The fourth-order valence-electron chi connectivity index (χ4n) is 2.79. The van der Waals surface area contributed by atoms with Gasteiger partial charge in [-0.05, 0) is 41.3 Å². The van der Waals surface area contributed by atoms with Gasteiger partial charge >= 0.3 is 0 Å². The van der Waals surface area contributed by atoms with Crippen LogP contribution < -0.4 is 10.6 Å². The smallest absolute Gasteiger partial charge is 0.236 e. The highest BCUT2D eigenvalue weighted by Gasteiger charge is 2.10. The van der Waals surface area contributed by atoms with Crippen molar-refractivity contribution in [3.63, 3.8) is 0 Å². The first kappa shape index (κ1) is 21.3. The van der Waals surface area contributed by atoms with E-state index in [1.807, 2.05) is 77.5 Å². The van der Waals surface area contributed by atoms with Gasteiger partial charge in [-0.15, -0.1) is 34.4 Å². The Morgan fingerprint density at radius 2 is 1.68 bits per heavy atom. The predicted molar refractivity (Wildman–Crippen MR) is 130 cm³/mol. The monoisotopic (exact) mass is 465 g/mol. The zero-order chi connectivity index (χ0) is 21.5. The van der Waals surface area contributed by atoms with E-state index in [1.165, 1.54) is 23.1 Å². The molecule has 4 rings (SSSR count). The molecule has 2 heterocycles. The number of benzene rings is 2. The third-order valence-electron chi connectivity index (χ3n) is 4.24. The van der Waals surface area contributed by atoms with Crippen LogP contribution in [0, 0.1) is 0 Å². The van der Waals surface area contributed by atoms with Gasteiger partial charge in [0.05, 0.1) is 22.7 Å². The number of hydrogen-bond acceptors (Lipinski definition) is 6. The summed E-state index contributed by atoms with van der Waals surface area (Å²) in [7, 11) is 0. The minimum atomic E-state index is -0.0997. The maximum Gasteiger partial charge on any atom is 0.236 e. The number of thioether (sulfide) groups is 1. The molecule has 31 heavy (non-hydrogen) atoms. The Morgan fingerprint density at radius 1 is 0.871 bits per heavy atom. The second kappa shape index (κ2) is 10.4. The maximum absolute atomic E-state index is 12.2. The van der Waals surface area contributed by atoms with Gasteiger partial charge in [0.15, 0.2) is 5.13 Å². The van der Waals surface area contributed by atoms with Crippen LogP contribution in [0.2, 0.25) is 0 Å². The minimum absolute atomic E-state index is 0.0589. The molecule has 0 saturated carbocycles. The van der Waals surface area contributed by atoms with E-state index >= 15 is 0 Å². The van der Waals surface area contributed by atoms with Gasteiger partial charge in [0.1, 0.15) is 0 Å². The lowest BCUT2D eigenvalue weighted by Crippen LogP contribution is -2.14. The molecule has 0 unspecified atom stereocenters. The minimum Gasteiger partial charge on any atom is -0.326 e. The number of carbonyl (C=O) groups excluding carboxylic acids is 2. The molecule has 0 aliphatic carbocycles. The second-order valence-electron chi connectivity index (χ2n) is 6.59. The lowest BCUT2D eigenvalue weighted by atomic mass is 10.1. The van der Waals surface area contributed by atoms with Gasteiger partial charge in [-0.1, -0.05) is 36.4 Å². The molecule has 2 aromatic carbocycles. The van der Waals surface area contributed by atoms with Crippen LogP contribution in [0.25, 0.3) is 10.6 Å². The Labute approximate surface area is 192 Å². The van der Waals surface area contributed by atoms with Crippen LogP contribution in [0.5, 0.6) is 0 Å². The van der Waals surface area contributed by atoms with Crippen molar-refractivity contribution in [2.24, 2.45) is 0 Å². The van der Waals surface area contributed by atoms with E-state index in [2.05, 4.69) is 15.6 Å². The van der Waals surface area contributed by atoms with Gasteiger partial charge in [0.2, 0.25) is 11.8 Å². The van der Waals surface area contributed by atoms with E-state index in [-0.39, 0.29) is 17.6 Å². The SMILES string of the molecule is O=C(Cc1ccccc1)Nc1ccc(SCC(=O)Nc2nc(-c3cccs3)cs2)cc1. The number of rotatable bonds is 8. The first-order chi connectivity index (χ1) is 15.2. The van der Waals surface area contributed by atoms with Gasteiger partial charge < -0.3 is 10.6 Å². The first-order valence-corrected chi connectivity index (χ1v) is 12.3. The number of nitrogens with zero attached hydrogens (tertiary/aromatic N) is 1. The molecular weight excluding hydrogens is 446 g/mol. The molecule has 5 nitrogen and oxygen atoms in total. The molecule has 8 heteroatoms. The summed E-state index contributed by atoms with van der Waals surface area (Å²) in [5.74, 6) is 0.127. The van der Waals surface area contributed by atoms with Crippen molar-refractivity contribution in [1.82, 2.24) is 4.98 Å². The molecule has 0 saturated heterocycles. The van der Waals surface area contributed by atoms with Crippen LogP contribution in [0.3, 0.4) is 0 Å². The summed E-state index contributed by atoms with van der Waals surface area (Å²) in [6, 6.07) is 21.1. The van der Waals surface area contributed by atoms with E-state index < -0.39 is 0 Å². The molecule has 0 spiro atoms. The highest BCUT2D eigenvalue weighted by Crippen LogP contribution is 2.28. The van der Waals surface area contributed by atoms with Gasteiger partial charge in [0.25, 0.3) is 0 Å². The summed E-state index contributed by atoms with van der Waals surface area (Å²) in [5.41, 5.74) is 2.59. The van der Waals surface area contributed by atoms with Gasteiger partial charge in [0, 0.05) is 16.0 Å². The third-order valence-corrected chi connectivity index (χ3v) is 6.90. The number of carbonyl (C=O) groups is 2. The number of nitrogens with one attached hydrogen (secondary N) is 2. The average molecular weight is 466 g/mol. The number of thiophene rings is 1. The van der Waals surface area contributed by atoms with Crippen LogP contribution >= 0.6 is 34.4 Å². The Bertz CT molecular complexity index is 1140. The summed E-state index contributed by atoms with van der Waals surface area (Å²) < 4.78 is 0. The summed E-state index contributed by atoms with van der Waals surface area (Å²) in [6.45, 7) is 0. The van der Waals surface area contributed by atoms with Crippen molar-refractivity contribution in [1.29, 1.82) is 0 Å². The Morgan fingerprint density at radius 3 is 2.42 bits per heavy atom. The van der Waals surface area contributed by atoms with E-state index in [9.17, 15) is 9.59 Å². The van der Waals surface area contributed by atoms with E-state index in [1.54, 1.807) is 11.3 Å². The van der Waals surface area contributed by atoms with Crippen molar-refractivity contribution >= 4 is 57.1 Å².